The number of para-hydroxylation sites is 1. The molecule has 10 heteroatoms. The zero-order valence-electron chi connectivity index (χ0n) is 20.1. The Bertz CT molecular complexity index is 1490. The van der Waals surface area contributed by atoms with E-state index in [0.29, 0.717) is 35.0 Å². The monoisotopic (exact) mass is 546 g/mol. The smallest absolute Gasteiger partial charge is 0.322 e. The van der Waals surface area contributed by atoms with Gasteiger partial charge >= 0.3 is 6.03 Å². The fraction of sp³-hybridized carbons (Fsp3) is 0.214. The number of hydrogen-bond acceptors (Lipinski definition) is 5. The molecule has 3 aromatic carbocycles. The van der Waals surface area contributed by atoms with Crippen LogP contribution in [0.15, 0.2) is 71.6 Å². The van der Waals surface area contributed by atoms with Crippen molar-refractivity contribution in [2.45, 2.75) is 29.2 Å². The Labute approximate surface area is 228 Å². The number of rotatable bonds is 4. The van der Waals surface area contributed by atoms with Gasteiger partial charge in [0.2, 0.25) is 11.8 Å². The molecule has 5 amide bonds. The summed E-state index contributed by atoms with van der Waals surface area (Å²) < 4.78 is 0. The van der Waals surface area contributed by atoms with Crippen LogP contribution in [0.4, 0.5) is 16.2 Å². The number of fused-ring (bicyclic) bond motifs is 2. The second-order valence-corrected chi connectivity index (χ2v) is 11.2. The van der Waals surface area contributed by atoms with Gasteiger partial charge in [-0.3, -0.25) is 19.7 Å². The van der Waals surface area contributed by atoms with Crippen molar-refractivity contribution in [3.8, 4) is 0 Å². The standard InChI is InChI=1S/C28H23ClN4O4S/c29-19-8-5-16(6-9-19)21-15-38-23-4-2-1-3-22(23)33(25(21)35)14-24(34)30-20-10-7-17-12-28(13-18(17)11-20)26(36)31-27(37)32-28/h1-11,21H,12-15H2,(H,30,34)(H2,31,32,36,37). The Kier molecular flexibility index (Phi) is 6.12. The number of carbonyl (C=O) groups excluding carboxylic acids is 4. The molecule has 1 saturated heterocycles. The van der Waals surface area contributed by atoms with E-state index in [2.05, 4.69) is 16.0 Å². The van der Waals surface area contributed by atoms with Gasteiger partial charge in [-0.25, -0.2) is 4.79 Å². The van der Waals surface area contributed by atoms with E-state index in [1.807, 2.05) is 48.5 Å². The summed E-state index contributed by atoms with van der Waals surface area (Å²) in [6, 6.07) is 19.8. The summed E-state index contributed by atoms with van der Waals surface area (Å²) in [4.78, 5) is 53.5. The highest BCUT2D eigenvalue weighted by molar-refractivity contribution is 7.99. The number of benzene rings is 3. The van der Waals surface area contributed by atoms with Crippen molar-refractivity contribution in [1.82, 2.24) is 10.6 Å². The van der Waals surface area contributed by atoms with Gasteiger partial charge in [0.1, 0.15) is 12.1 Å². The second-order valence-electron chi connectivity index (χ2n) is 9.68. The maximum atomic E-state index is 13.8. The van der Waals surface area contributed by atoms with Gasteiger partial charge in [-0.2, -0.15) is 0 Å². The first-order valence-electron chi connectivity index (χ1n) is 12.2. The Morgan fingerprint density at radius 3 is 2.55 bits per heavy atom. The summed E-state index contributed by atoms with van der Waals surface area (Å²) in [5.74, 6) is -0.711. The van der Waals surface area contributed by atoms with E-state index < -0.39 is 17.5 Å². The molecule has 3 N–H and O–H groups in total. The van der Waals surface area contributed by atoms with Crippen molar-refractivity contribution in [1.29, 1.82) is 0 Å². The first kappa shape index (κ1) is 24.5. The van der Waals surface area contributed by atoms with Crippen molar-refractivity contribution in [2.24, 2.45) is 0 Å². The third-order valence-electron chi connectivity index (χ3n) is 7.19. The molecule has 2 unspecified atom stereocenters. The predicted molar refractivity (Wildman–Crippen MR) is 146 cm³/mol. The molecular formula is C28H23ClN4O4S. The molecule has 1 spiro atoms. The van der Waals surface area contributed by atoms with E-state index in [1.165, 1.54) is 0 Å². The minimum absolute atomic E-state index is 0.153. The molecule has 192 valence electrons. The molecule has 0 radical (unpaired) electrons. The van der Waals surface area contributed by atoms with Crippen molar-refractivity contribution < 1.29 is 19.2 Å². The molecule has 0 saturated carbocycles. The van der Waals surface area contributed by atoms with Crippen LogP contribution < -0.4 is 20.9 Å². The van der Waals surface area contributed by atoms with Crippen LogP contribution in [0, 0.1) is 0 Å². The van der Waals surface area contributed by atoms with Crippen molar-refractivity contribution in [3.05, 3.63) is 88.4 Å². The summed E-state index contributed by atoms with van der Waals surface area (Å²) >= 11 is 7.65. The molecule has 3 aliphatic rings. The molecule has 6 rings (SSSR count). The number of halogens is 1. The van der Waals surface area contributed by atoms with Crippen LogP contribution in [0.5, 0.6) is 0 Å². The molecule has 0 bridgehead atoms. The lowest BCUT2D eigenvalue weighted by Crippen LogP contribution is -2.47. The minimum Gasteiger partial charge on any atom is -0.325 e. The zero-order chi connectivity index (χ0) is 26.4. The molecule has 2 atom stereocenters. The van der Waals surface area contributed by atoms with E-state index in [0.717, 1.165) is 21.6 Å². The van der Waals surface area contributed by atoms with Gasteiger partial charge < -0.3 is 15.5 Å². The highest BCUT2D eigenvalue weighted by Gasteiger charge is 2.50. The maximum Gasteiger partial charge on any atom is 0.322 e. The molecule has 38 heavy (non-hydrogen) atoms. The lowest BCUT2D eigenvalue weighted by atomic mass is 9.96. The van der Waals surface area contributed by atoms with E-state index in [4.69, 9.17) is 11.6 Å². The van der Waals surface area contributed by atoms with Crippen molar-refractivity contribution in [3.63, 3.8) is 0 Å². The fourth-order valence-corrected chi connectivity index (χ4v) is 6.63. The molecule has 8 nitrogen and oxygen atoms in total. The van der Waals surface area contributed by atoms with Gasteiger partial charge in [0.05, 0.1) is 11.6 Å². The highest BCUT2D eigenvalue weighted by Crippen LogP contribution is 2.39. The zero-order valence-corrected chi connectivity index (χ0v) is 21.7. The molecule has 2 heterocycles. The van der Waals surface area contributed by atoms with Gasteiger partial charge in [-0.1, -0.05) is 41.9 Å². The fourth-order valence-electron chi connectivity index (χ4n) is 5.33. The van der Waals surface area contributed by atoms with E-state index in [1.54, 1.807) is 34.9 Å². The Balaban J connectivity index is 1.22. The molecule has 0 aromatic heterocycles. The quantitative estimate of drug-likeness (QED) is 0.431. The lowest BCUT2D eigenvalue weighted by molar-refractivity contribution is -0.123. The van der Waals surface area contributed by atoms with Crippen LogP contribution >= 0.6 is 23.4 Å². The topological polar surface area (TPSA) is 108 Å². The number of hydrogen-bond donors (Lipinski definition) is 3. The van der Waals surface area contributed by atoms with Gasteiger partial charge in [-0.05, 0) is 53.1 Å². The number of anilines is 2. The van der Waals surface area contributed by atoms with E-state index in [-0.39, 0.29) is 24.3 Å². The average Bonchev–Trinajstić information content (AvgIpc) is 3.35. The summed E-state index contributed by atoms with van der Waals surface area (Å²) in [6.45, 7) is -0.153. The third kappa shape index (κ3) is 4.41. The number of amides is 5. The SMILES string of the molecule is O=C(CN1C(=O)C(c2ccc(Cl)cc2)CSc2ccccc21)Nc1ccc2c(c1)CC1(C2)NC(=O)NC1=O. The van der Waals surface area contributed by atoms with Gasteiger partial charge in [0.25, 0.3) is 5.91 Å². The number of urea groups is 1. The van der Waals surface area contributed by atoms with Crippen LogP contribution in [0.25, 0.3) is 0 Å². The molecule has 1 aliphatic carbocycles. The summed E-state index contributed by atoms with van der Waals surface area (Å²) in [5, 5.41) is 8.55. The summed E-state index contributed by atoms with van der Waals surface area (Å²) in [7, 11) is 0. The number of nitrogens with one attached hydrogen (secondary N) is 3. The molecular weight excluding hydrogens is 524 g/mol. The van der Waals surface area contributed by atoms with Gasteiger partial charge in [-0.15, -0.1) is 11.8 Å². The number of carbonyl (C=O) groups is 4. The third-order valence-corrected chi connectivity index (χ3v) is 8.60. The predicted octanol–water partition coefficient (Wildman–Crippen LogP) is 3.88. The van der Waals surface area contributed by atoms with Crippen molar-refractivity contribution >= 4 is 58.5 Å². The largest absolute Gasteiger partial charge is 0.325 e. The average molecular weight is 547 g/mol. The van der Waals surface area contributed by atoms with Crippen LogP contribution in [-0.2, 0) is 27.2 Å². The first-order valence-corrected chi connectivity index (χ1v) is 13.5. The van der Waals surface area contributed by atoms with E-state index >= 15 is 0 Å². The van der Waals surface area contributed by atoms with Crippen molar-refractivity contribution in [2.75, 3.05) is 22.5 Å². The van der Waals surface area contributed by atoms with Gasteiger partial charge in [0, 0.05) is 34.2 Å². The Hall–Kier alpha value is -3.82. The van der Waals surface area contributed by atoms with Crippen LogP contribution in [0.2, 0.25) is 5.02 Å². The van der Waals surface area contributed by atoms with Crippen LogP contribution in [-0.4, -0.2) is 41.6 Å². The highest BCUT2D eigenvalue weighted by atomic mass is 35.5. The van der Waals surface area contributed by atoms with Crippen LogP contribution in [0.3, 0.4) is 0 Å². The number of nitrogens with zero attached hydrogens (tertiary/aromatic N) is 1. The molecule has 1 fully saturated rings. The number of thioether (sulfide) groups is 1. The van der Waals surface area contributed by atoms with Crippen LogP contribution in [0.1, 0.15) is 22.6 Å². The minimum atomic E-state index is -0.974. The first-order chi connectivity index (χ1) is 18.3. The normalized spacial score (nSPS) is 22.0. The van der Waals surface area contributed by atoms with Gasteiger partial charge in [0.15, 0.2) is 0 Å². The number of imide groups is 1. The van der Waals surface area contributed by atoms with E-state index in [9.17, 15) is 19.2 Å². The molecule has 2 aliphatic heterocycles. The molecule has 3 aromatic rings. The second kappa shape index (κ2) is 9.49. The Morgan fingerprint density at radius 2 is 1.79 bits per heavy atom. The Morgan fingerprint density at radius 1 is 1.03 bits per heavy atom. The summed E-state index contributed by atoms with van der Waals surface area (Å²) in [5.41, 5.74) is 2.97. The maximum absolute atomic E-state index is 13.8. The lowest BCUT2D eigenvalue weighted by Gasteiger charge is -2.25. The summed E-state index contributed by atoms with van der Waals surface area (Å²) in [6.07, 6.45) is 0.749.